The van der Waals surface area contributed by atoms with Gasteiger partial charge in [0.1, 0.15) is 6.61 Å². The van der Waals surface area contributed by atoms with Crippen LogP contribution in [0.2, 0.25) is 6.04 Å². The molecule has 3 unspecified atom stereocenters. The average molecular weight is 553 g/mol. The minimum Gasteiger partial charge on any atom is -0.463 e. The maximum absolute atomic E-state index is 11.7. The van der Waals surface area contributed by atoms with Crippen LogP contribution in [0.25, 0.3) is 0 Å². The zero-order chi connectivity index (χ0) is 29.3. The predicted molar refractivity (Wildman–Crippen MR) is 149 cm³/mol. The minimum absolute atomic E-state index is 0.0417. The molecule has 0 fully saturated rings. The Labute approximate surface area is 226 Å². The summed E-state index contributed by atoms with van der Waals surface area (Å²) in [7, 11) is -2.55. The van der Waals surface area contributed by atoms with Crippen LogP contribution in [-0.2, 0) is 32.4 Å². The second-order valence-corrected chi connectivity index (χ2v) is 11.3. The van der Waals surface area contributed by atoms with E-state index in [0.717, 1.165) is 31.7 Å². The van der Waals surface area contributed by atoms with E-state index in [-0.39, 0.29) is 48.8 Å². The summed E-state index contributed by atoms with van der Waals surface area (Å²) in [4.78, 5) is 32.6. The van der Waals surface area contributed by atoms with Crippen molar-refractivity contribution in [2.45, 2.75) is 94.0 Å². The monoisotopic (exact) mass is 552 g/mol. The molecule has 0 radical (unpaired) electrons. The molecule has 0 saturated heterocycles. The third-order valence-corrected chi connectivity index (χ3v) is 8.71. The fourth-order valence-electron chi connectivity index (χ4n) is 2.53. The number of ether oxygens (including phenoxy) is 1. The van der Waals surface area contributed by atoms with Gasteiger partial charge in [0.25, 0.3) is 0 Å². The summed E-state index contributed by atoms with van der Waals surface area (Å²) in [6, 6.07) is 0.739. The van der Waals surface area contributed by atoms with Crippen molar-refractivity contribution in [2.75, 3.05) is 39.6 Å². The number of carbonyl (C=O) groups is 3. The van der Waals surface area contributed by atoms with Gasteiger partial charge in [0.2, 0.25) is 11.8 Å². The van der Waals surface area contributed by atoms with Gasteiger partial charge in [0, 0.05) is 44.2 Å². The lowest BCUT2D eigenvalue weighted by Crippen LogP contribution is -2.46. The Balaban J connectivity index is -0.000000561. The maximum atomic E-state index is 11.7. The number of amides is 2. The molecule has 10 nitrogen and oxygen atoms in total. The predicted octanol–water partition coefficient (Wildman–Crippen LogP) is 3.67. The number of aliphatic hydroxyl groups excluding tert-OH is 1. The molecule has 3 atom stereocenters. The van der Waals surface area contributed by atoms with Crippen LogP contribution in [0.5, 0.6) is 0 Å². The smallest absolute Gasteiger partial charge is 0.463 e. The van der Waals surface area contributed by atoms with E-state index in [9.17, 15) is 14.4 Å². The Hall–Kier alpha value is -1.53. The third-order valence-electron chi connectivity index (χ3n) is 5.56. The highest BCUT2D eigenvalue weighted by Crippen LogP contribution is 2.17. The summed E-state index contributed by atoms with van der Waals surface area (Å²) in [6.45, 7) is 19.7. The summed E-state index contributed by atoms with van der Waals surface area (Å²) in [5, 5.41) is 11.2. The standard InChI is InChI=1S/C14H31NO4Si.C7H14O3.C5H11NO/c1-6-13(5)14(16)15-11-10-12-20(17-7-2,18-8-3)19-9-4;1-3-6(2)7(9)10-5-4-8;1-3-4(2)5(6)7/h13H,6-12H2,1-5H3,(H,15,16);6,8H,3-5H2,1-2H3;4H,3H2,1-2H3,(H2,6,7). The fraction of sp³-hybridized carbons (Fsp3) is 0.885. The second kappa shape index (κ2) is 26.1. The number of carbonyl (C=O) groups excluding carboxylic acids is 3. The van der Waals surface area contributed by atoms with Gasteiger partial charge in [-0.2, -0.15) is 0 Å². The first kappa shape index (κ1) is 40.0. The van der Waals surface area contributed by atoms with Crippen molar-refractivity contribution in [2.24, 2.45) is 23.5 Å². The number of rotatable bonds is 18. The lowest BCUT2D eigenvalue weighted by molar-refractivity contribution is -0.149. The van der Waals surface area contributed by atoms with Gasteiger partial charge in [-0.25, -0.2) is 0 Å². The lowest BCUT2D eigenvalue weighted by Gasteiger charge is -2.28. The Morgan fingerprint density at radius 2 is 1.27 bits per heavy atom. The number of esters is 1. The topological polar surface area (TPSA) is 146 Å². The van der Waals surface area contributed by atoms with Gasteiger partial charge in [0.05, 0.1) is 12.5 Å². The third kappa shape index (κ3) is 22.2. The number of aliphatic hydroxyl groups is 1. The normalized spacial score (nSPS) is 13.1. The highest BCUT2D eigenvalue weighted by molar-refractivity contribution is 6.60. The van der Waals surface area contributed by atoms with Crippen molar-refractivity contribution < 1.29 is 37.5 Å². The molecule has 0 spiro atoms. The van der Waals surface area contributed by atoms with E-state index in [0.29, 0.717) is 26.4 Å². The number of primary amides is 1. The van der Waals surface area contributed by atoms with Gasteiger partial charge in [-0.05, 0) is 46.5 Å². The van der Waals surface area contributed by atoms with Crippen LogP contribution in [0.15, 0.2) is 0 Å². The molecule has 11 heteroatoms. The molecular weight excluding hydrogens is 496 g/mol. The molecule has 0 aliphatic carbocycles. The highest BCUT2D eigenvalue weighted by atomic mass is 28.4. The Morgan fingerprint density at radius 3 is 1.59 bits per heavy atom. The van der Waals surface area contributed by atoms with Crippen molar-refractivity contribution >= 4 is 26.6 Å². The molecule has 0 rings (SSSR count). The molecule has 0 aliphatic heterocycles. The van der Waals surface area contributed by atoms with Gasteiger partial charge in [0.15, 0.2) is 0 Å². The van der Waals surface area contributed by atoms with E-state index >= 15 is 0 Å². The molecule has 0 aliphatic rings. The summed E-state index contributed by atoms with van der Waals surface area (Å²) >= 11 is 0. The van der Waals surface area contributed by atoms with Gasteiger partial charge >= 0.3 is 14.8 Å². The first-order chi connectivity index (χ1) is 17.4. The summed E-state index contributed by atoms with van der Waals surface area (Å²) in [5.41, 5.74) is 4.91. The molecule has 0 aromatic carbocycles. The summed E-state index contributed by atoms with van der Waals surface area (Å²) < 4.78 is 22.0. The van der Waals surface area contributed by atoms with Gasteiger partial charge in [-0.3, -0.25) is 14.4 Å². The van der Waals surface area contributed by atoms with E-state index in [4.69, 9.17) is 24.1 Å². The van der Waals surface area contributed by atoms with Gasteiger partial charge in [-0.15, -0.1) is 0 Å². The molecule has 4 N–H and O–H groups in total. The van der Waals surface area contributed by atoms with Gasteiger partial charge < -0.3 is 34.2 Å². The van der Waals surface area contributed by atoms with Crippen molar-refractivity contribution in [1.82, 2.24) is 5.32 Å². The minimum atomic E-state index is -2.55. The van der Waals surface area contributed by atoms with Crippen LogP contribution >= 0.6 is 0 Å². The molecule has 37 heavy (non-hydrogen) atoms. The molecule has 0 aromatic heterocycles. The lowest BCUT2D eigenvalue weighted by atomic mass is 10.1. The van der Waals surface area contributed by atoms with Crippen molar-refractivity contribution in [3.8, 4) is 0 Å². The van der Waals surface area contributed by atoms with Crippen LogP contribution in [-0.4, -0.2) is 71.3 Å². The molecule has 0 heterocycles. The maximum Gasteiger partial charge on any atom is 0.500 e. The number of nitrogens with one attached hydrogen (secondary N) is 1. The SMILES string of the molecule is CCC(C)C(=O)OCCO.CCC(C)C(N)=O.CCO[Si](CCCNC(=O)C(C)CC)(OCC)OCC. The van der Waals surface area contributed by atoms with Crippen molar-refractivity contribution in [3.63, 3.8) is 0 Å². The number of nitrogens with two attached hydrogens (primary N) is 1. The summed E-state index contributed by atoms with van der Waals surface area (Å²) in [5.74, 6) is -0.253. The van der Waals surface area contributed by atoms with E-state index in [1.165, 1.54) is 0 Å². The van der Waals surface area contributed by atoms with E-state index < -0.39 is 8.80 Å². The number of hydrogen-bond acceptors (Lipinski definition) is 8. The van der Waals surface area contributed by atoms with E-state index in [2.05, 4.69) is 10.1 Å². The Bertz CT molecular complexity index is 564. The molecular formula is C26H56N2O8Si. The quantitative estimate of drug-likeness (QED) is 0.133. The molecule has 0 bridgehead atoms. The molecule has 0 saturated carbocycles. The Kier molecular flexibility index (Phi) is 28.2. The largest absolute Gasteiger partial charge is 0.500 e. The second-order valence-electron chi connectivity index (χ2n) is 8.60. The molecule has 0 aromatic rings. The van der Waals surface area contributed by atoms with E-state index in [1.54, 1.807) is 6.92 Å². The fourth-order valence-corrected chi connectivity index (χ4v) is 5.15. The zero-order valence-corrected chi connectivity index (χ0v) is 25.9. The van der Waals surface area contributed by atoms with E-state index in [1.807, 2.05) is 55.4 Å². The van der Waals surface area contributed by atoms with Crippen LogP contribution in [0.3, 0.4) is 0 Å². The van der Waals surface area contributed by atoms with Crippen LogP contribution in [0.4, 0.5) is 0 Å². The van der Waals surface area contributed by atoms with Gasteiger partial charge in [-0.1, -0.05) is 41.5 Å². The first-order valence-corrected chi connectivity index (χ1v) is 15.6. The van der Waals surface area contributed by atoms with Crippen LogP contribution in [0, 0.1) is 17.8 Å². The number of hydrogen-bond donors (Lipinski definition) is 3. The average Bonchev–Trinajstić information content (AvgIpc) is 2.89. The summed E-state index contributed by atoms with van der Waals surface area (Å²) in [6.07, 6.45) is 3.30. The van der Waals surface area contributed by atoms with Crippen LogP contribution < -0.4 is 11.1 Å². The molecule has 2 amide bonds. The zero-order valence-electron chi connectivity index (χ0n) is 24.9. The first-order valence-electron chi connectivity index (χ1n) is 13.7. The Morgan fingerprint density at radius 1 is 0.811 bits per heavy atom. The highest BCUT2D eigenvalue weighted by Gasteiger charge is 2.39. The van der Waals surface area contributed by atoms with Crippen molar-refractivity contribution in [3.05, 3.63) is 0 Å². The molecule has 222 valence electrons. The van der Waals surface area contributed by atoms with Crippen molar-refractivity contribution in [1.29, 1.82) is 0 Å². The van der Waals surface area contributed by atoms with Crippen LogP contribution in [0.1, 0.15) is 88.0 Å².